The number of anilines is 1. The van der Waals surface area contributed by atoms with E-state index in [9.17, 15) is 13.2 Å². The smallest absolute Gasteiger partial charge is 0.240 e. The van der Waals surface area contributed by atoms with Crippen molar-refractivity contribution >= 4 is 44.8 Å². The van der Waals surface area contributed by atoms with Crippen LogP contribution in [0.3, 0.4) is 0 Å². The van der Waals surface area contributed by atoms with Crippen LogP contribution in [0.15, 0.2) is 47.4 Å². The fourth-order valence-corrected chi connectivity index (χ4v) is 6.68. The second kappa shape index (κ2) is 9.10. The molecule has 4 rings (SSSR count). The molecule has 8 heteroatoms. The molecule has 0 saturated heterocycles. The van der Waals surface area contributed by atoms with E-state index in [0.717, 1.165) is 17.9 Å². The van der Waals surface area contributed by atoms with Gasteiger partial charge >= 0.3 is 0 Å². The number of hydrogen-bond donors (Lipinski definition) is 2. The quantitative estimate of drug-likeness (QED) is 0.565. The molecule has 5 nitrogen and oxygen atoms in total. The first-order chi connectivity index (χ1) is 14.7. The fourth-order valence-electron chi connectivity index (χ4n) is 5.06. The summed E-state index contributed by atoms with van der Waals surface area (Å²) in [5.41, 5.74) is 1.27. The molecule has 2 fully saturated rings. The van der Waals surface area contributed by atoms with Gasteiger partial charge in [0, 0.05) is 11.7 Å². The average molecular weight is 481 g/mol. The SMILES string of the molecule is C[C@@H](NS(=O)(=O)c1ccc(NC(=O)Cc2ccc(Cl)c(Cl)c2)cc1)[C@H]1C[C@@H]2CC[C@@H]1C2. The van der Waals surface area contributed by atoms with Crippen LogP contribution in [0.1, 0.15) is 38.2 Å². The van der Waals surface area contributed by atoms with Crippen LogP contribution in [0.25, 0.3) is 0 Å². The molecule has 166 valence electrons. The van der Waals surface area contributed by atoms with Crippen LogP contribution in [0.5, 0.6) is 0 Å². The van der Waals surface area contributed by atoms with Gasteiger partial charge in [0.2, 0.25) is 15.9 Å². The van der Waals surface area contributed by atoms with Crippen molar-refractivity contribution in [2.75, 3.05) is 5.32 Å². The lowest BCUT2D eigenvalue weighted by Gasteiger charge is -2.28. The summed E-state index contributed by atoms with van der Waals surface area (Å²) in [5, 5.41) is 3.61. The van der Waals surface area contributed by atoms with Crippen molar-refractivity contribution in [2.24, 2.45) is 17.8 Å². The van der Waals surface area contributed by atoms with E-state index in [2.05, 4.69) is 10.0 Å². The minimum Gasteiger partial charge on any atom is -0.326 e. The van der Waals surface area contributed by atoms with Gasteiger partial charge in [-0.15, -0.1) is 0 Å². The maximum atomic E-state index is 12.8. The number of fused-ring (bicyclic) bond motifs is 2. The molecule has 2 saturated carbocycles. The lowest BCUT2D eigenvalue weighted by Crippen LogP contribution is -2.40. The predicted octanol–water partition coefficient (Wildman–Crippen LogP) is 5.28. The number of nitrogens with one attached hydrogen (secondary N) is 2. The van der Waals surface area contributed by atoms with Gasteiger partial charge in [-0.3, -0.25) is 4.79 Å². The van der Waals surface area contributed by atoms with Crippen LogP contribution < -0.4 is 10.0 Å². The molecule has 2 aliphatic carbocycles. The summed E-state index contributed by atoms with van der Waals surface area (Å²) in [6, 6.07) is 11.2. The van der Waals surface area contributed by atoms with Crippen LogP contribution in [-0.2, 0) is 21.2 Å². The molecule has 0 aliphatic heterocycles. The van der Waals surface area contributed by atoms with Gasteiger partial charge in [0.25, 0.3) is 0 Å². The molecule has 2 aliphatic rings. The molecule has 2 N–H and O–H groups in total. The highest BCUT2D eigenvalue weighted by atomic mass is 35.5. The summed E-state index contributed by atoms with van der Waals surface area (Å²) in [6.45, 7) is 1.97. The van der Waals surface area contributed by atoms with E-state index in [1.807, 2.05) is 6.92 Å². The summed E-state index contributed by atoms with van der Waals surface area (Å²) >= 11 is 11.9. The minimum absolute atomic E-state index is 0.0779. The second-order valence-electron chi connectivity index (χ2n) is 8.75. The zero-order valence-electron chi connectivity index (χ0n) is 17.3. The summed E-state index contributed by atoms with van der Waals surface area (Å²) in [7, 11) is -3.61. The molecule has 4 atom stereocenters. The highest BCUT2D eigenvalue weighted by molar-refractivity contribution is 7.89. The Labute approximate surface area is 193 Å². The van der Waals surface area contributed by atoms with Crippen molar-refractivity contribution in [3.05, 3.63) is 58.1 Å². The van der Waals surface area contributed by atoms with Gasteiger partial charge in [-0.2, -0.15) is 0 Å². The normalized spacial score (nSPS) is 23.6. The molecule has 0 aromatic heterocycles. The number of halogens is 2. The number of hydrogen-bond acceptors (Lipinski definition) is 3. The van der Waals surface area contributed by atoms with Gasteiger partial charge in [-0.1, -0.05) is 35.7 Å². The van der Waals surface area contributed by atoms with Crippen LogP contribution >= 0.6 is 23.2 Å². The van der Waals surface area contributed by atoms with Gasteiger partial charge in [0.1, 0.15) is 0 Å². The number of rotatable bonds is 7. The summed E-state index contributed by atoms with van der Waals surface area (Å²) < 4.78 is 28.5. The average Bonchev–Trinajstić information content (AvgIpc) is 3.34. The molecule has 31 heavy (non-hydrogen) atoms. The Balaban J connectivity index is 1.35. The highest BCUT2D eigenvalue weighted by Crippen LogP contribution is 2.49. The van der Waals surface area contributed by atoms with Crippen molar-refractivity contribution in [1.29, 1.82) is 0 Å². The summed E-state index contributed by atoms with van der Waals surface area (Å²) in [4.78, 5) is 12.5. The third-order valence-electron chi connectivity index (χ3n) is 6.57. The highest BCUT2D eigenvalue weighted by Gasteiger charge is 2.42. The molecule has 2 aromatic carbocycles. The molecular formula is C23H26Cl2N2O3S. The molecule has 2 bridgehead atoms. The number of benzene rings is 2. The third kappa shape index (κ3) is 5.25. The van der Waals surface area contributed by atoms with E-state index in [4.69, 9.17) is 23.2 Å². The Morgan fingerprint density at radius 3 is 2.42 bits per heavy atom. The minimum atomic E-state index is -3.61. The largest absolute Gasteiger partial charge is 0.326 e. The summed E-state index contributed by atoms with van der Waals surface area (Å²) in [6.07, 6.45) is 5.02. The van der Waals surface area contributed by atoms with Gasteiger partial charge in [0.05, 0.1) is 21.4 Å². The van der Waals surface area contributed by atoms with Gasteiger partial charge in [0.15, 0.2) is 0 Å². The van der Waals surface area contributed by atoms with E-state index < -0.39 is 10.0 Å². The number of sulfonamides is 1. The van der Waals surface area contributed by atoms with Crippen LogP contribution in [0, 0.1) is 17.8 Å². The van der Waals surface area contributed by atoms with Crippen LogP contribution in [0.2, 0.25) is 10.0 Å². The van der Waals surface area contributed by atoms with Crippen molar-refractivity contribution < 1.29 is 13.2 Å². The van der Waals surface area contributed by atoms with Crippen molar-refractivity contribution in [2.45, 2.75) is 50.0 Å². The molecule has 0 heterocycles. The Morgan fingerprint density at radius 2 is 1.81 bits per heavy atom. The first kappa shape index (κ1) is 22.6. The number of carbonyl (C=O) groups is 1. The third-order valence-corrected chi connectivity index (χ3v) is 8.89. The van der Waals surface area contributed by atoms with Crippen molar-refractivity contribution in [3.8, 4) is 0 Å². The van der Waals surface area contributed by atoms with Gasteiger partial charge in [-0.25, -0.2) is 13.1 Å². The second-order valence-corrected chi connectivity index (χ2v) is 11.3. The topological polar surface area (TPSA) is 75.3 Å². The van der Waals surface area contributed by atoms with Crippen molar-refractivity contribution in [1.82, 2.24) is 4.72 Å². The van der Waals surface area contributed by atoms with E-state index >= 15 is 0 Å². The van der Waals surface area contributed by atoms with Crippen LogP contribution in [-0.4, -0.2) is 20.4 Å². The lowest BCUT2D eigenvalue weighted by molar-refractivity contribution is -0.115. The van der Waals surface area contributed by atoms with E-state index in [1.165, 1.54) is 31.4 Å². The maximum absolute atomic E-state index is 12.8. The zero-order valence-corrected chi connectivity index (χ0v) is 19.6. The van der Waals surface area contributed by atoms with Gasteiger partial charge < -0.3 is 5.32 Å². The Kier molecular flexibility index (Phi) is 6.63. The Bertz CT molecular complexity index is 1070. The molecular weight excluding hydrogens is 455 g/mol. The summed E-state index contributed by atoms with van der Waals surface area (Å²) in [5.74, 6) is 1.62. The number of carbonyl (C=O) groups excluding carboxylic acids is 1. The number of amides is 1. The Morgan fingerprint density at radius 1 is 1.06 bits per heavy atom. The predicted molar refractivity (Wildman–Crippen MR) is 124 cm³/mol. The lowest BCUT2D eigenvalue weighted by atomic mass is 9.84. The fraction of sp³-hybridized carbons (Fsp3) is 0.435. The molecule has 0 unspecified atom stereocenters. The molecule has 0 radical (unpaired) electrons. The first-order valence-electron chi connectivity index (χ1n) is 10.6. The molecule has 2 aromatic rings. The maximum Gasteiger partial charge on any atom is 0.240 e. The Hall–Kier alpha value is -1.60. The standard InChI is InChI=1S/C23H26Cl2N2O3S/c1-14(20-11-15-2-4-17(20)10-15)27-31(29,30)19-7-5-18(6-8-19)26-23(28)13-16-3-9-21(24)22(25)12-16/h3,5-9,12,14-15,17,20,27H,2,4,10-11,13H2,1H3,(H,26,28)/t14-,15-,17-,20-/m1/s1. The van der Waals surface area contributed by atoms with Crippen molar-refractivity contribution in [3.63, 3.8) is 0 Å². The van der Waals surface area contributed by atoms with Gasteiger partial charge in [-0.05, 0) is 85.9 Å². The molecule has 1 amide bonds. The van der Waals surface area contributed by atoms with E-state index in [0.29, 0.717) is 27.6 Å². The monoisotopic (exact) mass is 480 g/mol. The first-order valence-corrected chi connectivity index (χ1v) is 12.8. The zero-order chi connectivity index (χ0) is 22.2. The van der Waals surface area contributed by atoms with E-state index in [1.54, 1.807) is 30.3 Å². The van der Waals surface area contributed by atoms with Crippen LogP contribution in [0.4, 0.5) is 5.69 Å². The van der Waals surface area contributed by atoms with E-state index in [-0.39, 0.29) is 23.3 Å². The molecule has 0 spiro atoms.